The van der Waals surface area contributed by atoms with Crippen molar-refractivity contribution in [3.63, 3.8) is 0 Å². The summed E-state index contributed by atoms with van der Waals surface area (Å²) in [5.74, 6) is 0.478. The Labute approximate surface area is 103 Å². The Morgan fingerprint density at radius 3 is 2.24 bits per heavy atom. The predicted octanol–water partition coefficient (Wildman–Crippen LogP) is 1.03. The molecule has 2 fully saturated rings. The van der Waals surface area contributed by atoms with E-state index in [4.69, 9.17) is 4.74 Å². The van der Waals surface area contributed by atoms with Crippen molar-refractivity contribution in [2.75, 3.05) is 13.1 Å². The van der Waals surface area contributed by atoms with Gasteiger partial charge in [-0.25, -0.2) is 0 Å². The summed E-state index contributed by atoms with van der Waals surface area (Å²) in [7, 11) is 0. The SMILES string of the molecule is CC1OC(C)C(C(=O)N2CCC(O)CC2)C1C. The molecule has 4 heteroatoms. The molecule has 0 aromatic rings. The van der Waals surface area contributed by atoms with E-state index >= 15 is 0 Å². The van der Waals surface area contributed by atoms with Crippen LogP contribution in [0, 0.1) is 11.8 Å². The van der Waals surface area contributed by atoms with E-state index in [-0.39, 0.29) is 36.1 Å². The molecule has 17 heavy (non-hydrogen) atoms. The second-order valence-electron chi connectivity index (χ2n) is 5.49. The number of hydrogen-bond acceptors (Lipinski definition) is 3. The number of aliphatic hydroxyl groups is 1. The van der Waals surface area contributed by atoms with Crippen LogP contribution < -0.4 is 0 Å². The van der Waals surface area contributed by atoms with E-state index in [0.717, 1.165) is 0 Å². The lowest BCUT2D eigenvalue weighted by molar-refractivity contribution is -0.139. The minimum Gasteiger partial charge on any atom is -0.393 e. The average Bonchev–Trinajstić information content (AvgIpc) is 2.53. The van der Waals surface area contributed by atoms with E-state index < -0.39 is 0 Å². The maximum absolute atomic E-state index is 12.4. The zero-order valence-electron chi connectivity index (χ0n) is 10.9. The van der Waals surface area contributed by atoms with Crippen molar-refractivity contribution in [2.24, 2.45) is 11.8 Å². The van der Waals surface area contributed by atoms with Gasteiger partial charge in [0, 0.05) is 13.1 Å². The summed E-state index contributed by atoms with van der Waals surface area (Å²) in [5.41, 5.74) is 0. The number of likely N-dealkylation sites (tertiary alicyclic amines) is 1. The number of nitrogens with zero attached hydrogens (tertiary/aromatic N) is 1. The summed E-state index contributed by atoms with van der Waals surface area (Å²) < 4.78 is 5.72. The van der Waals surface area contributed by atoms with Gasteiger partial charge in [-0.1, -0.05) is 6.92 Å². The summed E-state index contributed by atoms with van der Waals surface area (Å²) in [6.07, 6.45) is 1.36. The lowest BCUT2D eigenvalue weighted by Gasteiger charge is -2.33. The quantitative estimate of drug-likeness (QED) is 0.746. The number of aliphatic hydroxyl groups excluding tert-OH is 1. The maximum Gasteiger partial charge on any atom is 0.228 e. The molecule has 4 unspecified atom stereocenters. The van der Waals surface area contributed by atoms with Crippen molar-refractivity contribution in [3.8, 4) is 0 Å². The standard InChI is InChI=1S/C13H23NO3/c1-8-9(2)17-10(3)12(8)13(16)14-6-4-11(15)5-7-14/h8-12,15H,4-7H2,1-3H3. The van der Waals surface area contributed by atoms with Crippen LogP contribution in [-0.4, -0.2) is 47.3 Å². The van der Waals surface area contributed by atoms with Crippen molar-refractivity contribution in [1.82, 2.24) is 4.90 Å². The fourth-order valence-corrected chi connectivity index (χ4v) is 2.99. The van der Waals surface area contributed by atoms with E-state index in [1.165, 1.54) is 0 Å². The first-order valence-corrected chi connectivity index (χ1v) is 6.63. The highest BCUT2D eigenvalue weighted by Crippen LogP contribution is 2.34. The summed E-state index contributed by atoms with van der Waals surface area (Å²) in [5, 5.41) is 9.46. The Balaban J connectivity index is 2.00. The fraction of sp³-hybridized carbons (Fsp3) is 0.923. The minimum absolute atomic E-state index is 0.0133. The van der Waals surface area contributed by atoms with Crippen molar-refractivity contribution in [1.29, 1.82) is 0 Å². The van der Waals surface area contributed by atoms with Gasteiger partial charge in [0.05, 0.1) is 24.2 Å². The highest BCUT2D eigenvalue weighted by Gasteiger charge is 2.43. The molecule has 4 atom stereocenters. The van der Waals surface area contributed by atoms with Crippen LogP contribution in [0.25, 0.3) is 0 Å². The maximum atomic E-state index is 12.4. The summed E-state index contributed by atoms with van der Waals surface area (Å²) in [4.78, 5) is 14.3. The Kier molecular flexibility index (Phi) is 3.73. The van der Waals surface area contributed by atoms with E-state index in [1.54, 1.807) is 0 Å². The molecule has 1 amide bonds. The van der Waals surface area contributed by atoms with Gasteiger partial charge in [0.1, 0.15) is 0 Å². The van der Waals surface area contributed by atoms with Crippen molar-refractivity contribution in [3.05, 3.63) is 0 Å². The molecule has 0 aliphatic carbocycles. The highest BCUT2D eigenvalue weighted by molar-refractivity contribution is 5.80. The third-order valence-electron chi connectivity index (χ3n) is 4.30. The summed E-state index contributed by atoms with van der Waals surface area (Å²) in [6, 6.07) is 0. The molecule has 1 N–H and O–H groups in total. The van der Waals surface area contributed by atoms with Gasteiger partial charge in [-0.05, 0) is 32.6 Å². The Hall–Kier alpha value is -0.610. The minimum atomic E-state index is -0.229. The van der Waals surface area contributed by atoms with E-state index in [1.807, 2.05) is 18.7 Å². The largest absolute Gasteiger partial charge is 0.393 e. The monoisotopic (exact) mass is 241 g/mol. The Morgan fingerprint density at radius 2 is 1.76 bits per heavy atom. The molecule has 0 saturated carbocycles. The van der Waals surface area contributed by atoms with Crippen LogP contribution in [0.4, 0.5) is 0 Å². The van der Waals surface area contributed by atoms with E-state index in [2.05, 4.69) is 6.92 Å². The Morgan fingerprint density at radius 1 is 1.18 bits per heavy atom. The van der Waals surface area contributed by atoms with Gasteiger partial charge in [0.2, 0.25) is 5.91 Å². The van der Waals surface area contributed by atoms with Gasteiger partial charge < -0.3 is 14.7 Å². The zero-order valence-corrected chi connectivity index (χ0v) is 10.9. The van der Waals surface area contributed by atoms with Crippen LogP contribution >= 0.6 is 0 Å². The molecule has 0 aromatic heterocycles. The topological polar surface area (TPSA) is 49.8 Å². The number of carbonyl (C=O) groups is 1. The number of amides is 1. The average molecular weight is 241 g/mol. The molecule has 2 aliphatic rings. The molecule has 98 valence electrons. The van der Waals surface area contributed by atoms with Gasteiger partial charge in [-0.15, -0.1) is 0 Å². The van der Waals surface area contributed by atoms with Gasteiger partial charge in [-0.2, -0.15) is 0 Å². The van der Waals surface area contributed by atoms with Gasteiger partial charge in [0.15, 0.2) is 0 Å². The third kappa shape index (κ3) is 2.47. The van der Waals surface area contributed by atoms with Crippen LogP contribution in [-0.2, 0) is 9.53 Å². The molecule has 2 saturated heterocycles. The molecule has 4 nitrogen and oxygen atoms in total. The van der Waals surface area contributed by atoms with Crippen molar-refractivity contribution >= 4 is 5.91 Å². The number of piperidine rings is 1. The molecule has 0 spiro atoms. The van der Waals surface area contributed by atoms with Crippen molar-refractivity contribution in [2.45, 2.75) is 51.9 Å². The number of hydrogen-bond donors (Lipinski definition) is 1. The predicted molar refractivity (Wildman–Crippen MR) is 64.5 cm³/mol. The Bertz CT molecular complexity index is 286. The molecular formula is C13H23NO3. The molecule has 2 rings (SSSR count). The third-order valence-corrected chi connectivity index (χ3v) is 4.30. The zero-order chi connectivity index (χ0) is 12.6. The molecule has 0 aromatic carbocycles. The molecule has 0 radical (unpaired) electrons. The first-order chi connectivity index (χ1) is 8.00. The lowest BCUT2D eigenvalue weighted by Crippen LogP contribution is -2.45. The highest BCUT2D eigenvalue weighted by atomic mass is 16.5. The lowest BCUT2D eigenvalue weighted by atomic mass is 9.88. The first-order valence-electron chi connectivity index (χ1n) is 6.63. The fourth-order valence-electron chi connectivity index (χ4n) is 2.99. The van der Waals surface area contributed by atoms with Crippen LogP contribution in [0.5, 0.6) is 0 Å². The van der Waals surface area contributed by atoms with Crippen LogP contribution in [0.2, 0.25) is 0 Å². The van der Waals surface area contributed by atoms with Gasteiger partial charge in [-0.3, -0.25) is 4.79 Å². The van der Waals surface area contributed by atoms with Gasteiger partial charge in [0.25, 0.3) is 0 Å². The van der Waals surface area contributed by atoms with Gasteiger partial charge >= 0.3 is 0 Å². The van der Waals surface area contributed by atoms with Crippen LogP contribution in [0.1, 0.15) is 33.6 Å². The molecule has 0 bridgehead atoms. The van der Waals surface area contributed by atoms with Crippen LogP contribution in [0.3, 0.4) is 0 Å². The van der Waals surface area contributed by atoms with Crippen LogP contribution in [0.15, 0.2) is 0 Å². The normalized spacial score (nSPS) is 39.6. The molecule has 2 aliphatic heterocycles. The summed E-state index contributed by atoms with van der Waals surface area (Å²) in [6.45, 7) is 7.49. The second kappa shape index (κ2) is 4.94. The smallest absolute Gasteiger partial charge is 0.228 e. The number of carbonyl (C=O) groups excluding carboxylic acids is 1. The molecule has 2 heterocycles. The van der Waals surface area contributed by atoms with E-state index in [0.29, 0.717) is 25.9 Å². The molecular weight excluding hydrogens is 218 g/mol. The van der Waals surface area contributed by atoms with E-state index in [9.17, 15) is 9.90 Å². The number of ether oxygens (including phenoxy) is 1. The number of rotatable bonds is 1. The summed E-state index contributed by atoms with van der Waals surface area (Å²) >= 11 is 0. The van der Waals surface area contributed by atoms with Crippen molar-refractivity contribution < 1.29 is 14.6 Å². The second-order valence-corrected chi connectivity index (χ2v) is 5.49. The first kappa shape index (κ1) is 12.8.